The molecule has 5 rings (SSSR count). The van der Waals surface area contributed by atoms with Crippen LogP contribution in [0.1, 0.15) is 120 Å². The molecule has 3 aliphatic heterocycles. The van der Waals surface area contributed by atoms with E-state index in [1.54, 1.807) is 0 Å². The van der Waals surface area contributed by atoms with Gasteiger partial charge in [-0.3, -0.25) is 14.5 Å². The van der Waals surface area contributed by atoms with Crippen molar-refractivity contribution in [2.24, 2.45) is 17.3 Å². The molecule has 0 bridgehead atoms. The highest BCUT2D eigenvalue weighted by atomic mass is 16.5. The summed E-state index contributed by atoms with van der Waals surface area (Å²) in [7, 11) is 0. The van der Waals surface area contributed by atoms with Gasteiger partial charge < -0.3 is 14.5 Å². The maximum atomic E-state index is 14.1. The first-order chi connectivity index (χ1) is 20.7. The van der Waals surface area contributed by atoms with Gasteiger partial charge in [0, 0.05) is 44.2 Å². The highest BCUT2D eigenvalue weighted by molar-refractivity contribution is 5.96. The van der Waals surface area contributed by atoms with Crippen LogP contribution in [-0.2, 0) is 9.53 Å². The van der Waals surface area contributed by atoms with Crippen LogP contribution in [0.2, 0.25) is 0 Å². The highest BCUT2D eigenvalue weighted by Gasteiger charge is 2.51. The molecule has 0 aromatic carbocycles. The normalized spacial score (nSPS) is 27.9. The van der Waals surface area contributed by atoms with E-state index >= 15 is 0 Å². The van der Waals surface area contributed by atoms with Gasteiger partial charge in [-0.15, -0.1) is 0 Å². The van der Waals surface area contributed by atoms with Gasteiger partial charge in [0.2, 0.25) is 5.91 Å². The highest BCUT2D eigenvalue weighted by Crippen LogP contribution is 2.49. The topological polar surface area (TPSA) is 78.9 Å². The summed E-state index contributed by atoms with van der Waals surface area (Å²) in [4.78, 5) is 43.0. The minimum atomic E-state index is 0.0709. The van der Waals surface area contributed by atoms with Crippen molar-refractivity contribution in [1.29, 1.82) is 0 Å². The quantitative estimate of drug-likeness (QED) is 0.359. The van der Waals surface area contributed by atoms with Crippen LogP contribution in [-0.4, -0.2) is 94.0 Å². The average Bonchev–Trinajstić information content (AvgIpc) is 3.00. The Morgan fingerprint density at radius 3 is 2.16 bits per heavy atom. The van der Waals surface area contributed by atoms with Crippen molar-refractivity contribution < 1.29 is 14.3 Å². The molecule has 1 aromatic rings. The zero-order valence-electron chi connectivity index (χ0n) is 27.7. The van der Waals surface area contributed by atoms with E-state index < -0.39 is 0 Å². The second-order valence-corrected chi connectivity index (χ2v) is 14.4. The number of carbonyl (C=O) groups is 2. The molecule has 8 nitrogen and oxygen atoms in total. The number of ether oxygens (including phenoxy) is 1. The summed E-state index contributed by atoms with van der Waals surface area (Å²) in [6, 6.07) is 0. The number of amides is 2. The fourth-order valence-corrected chi connectivity index (χ4v) is 8.83. The predicted molar refractivity (Wildman–Crippen MR) is 170 cm³/mol. The number of likely N-dealkylation sites (tertiary alicyclic amines) is 3. The fourth-order valence-electron chi connectivity index (χ4n) is 8.83. The van der Waals surface area contributed by atoms with E-state index in [2.05, 4.69) is 40.5 Å². The first-order valence-corrected chi connectivity index (χ1v) is 17.4. The first-order valence-electron chi connectivity index (χ1n) is 17.4. The minimum Gasteiger partial charge on any atom is -0.379 e. The van der Waals surface area contributed by atoms with E-state index in [1.807, 2.05) is 18.7 Å². The number of piperidine rings is 3. The Kier molecular flexibility index (Phi) is 10.5. The molecule has 240 valence electrons. The van der Waals surface area contributed by atoms with Gasteiger partial charge in [0.15, 0.2) is 0 Å². The Balaban J connectivity index is 1.17. The number of aromatic nitrogens is 2. The SMILES string of the molecule is CCCC[C@@H]1C(=O)N(CC2CCC(OCC)CC2)CCC12CCN(C1(C)CCN(C(=O)c3c(C)ncnc3C)CC1)CC2. The molecule has 1 spiro atoms. The van der Waals surface area contributed by atoms with E-state index in [0.717, 1.165) is 121 Å². The summed E-state index contributed by atoms with van der Waals surface area (Å²) in [6.45, 7) is 16.9. The van der Waals surface area contributed by atoms with Crippen LogP contribution in [0.25, 0.3) is 0 Å². The molecule has 8 heteroatoms. The number of aryl methyl sites for hydroxylation is 2. The lowest BCUT2D eigenvalue weighted by molar-refractivity contribution is -0.152. The lowest BCUT2D eigenvalue weighted by Crippen LogP contribution is -2.60. The van der Waals surface area contributed by atoms with Crippen LogP contribution >= 0.6 is 0 Å². The second-order valence-electron chi connectivity index (χ2n) is 14.4. The van der Waals surface area contributed by atoms with Crippen molar-refractivity contribution in [2.75, 3.05) is 45.9 Å². The largest absolute Gasteiger partial charge is 0.379 e. The molecule has 4 heterocycles. The molecule has 4 fully saturated rings. The van der Waals surface area contributed by atoms with Crippen molar-refractivity contribution in [2.45, 2.75) is 123 Å². The maximum absolute atomic E-state index is 14.1. The van der Waals surface area contributed by atoms with Crippen LogP contribution in [0.3, 0.4) is 0 Å². The third-order valence-electron chi connectivity index (χ3n) is 11.8. The van der Waals surface area contributed by atoms with Gasteiger partial charge in [-0.25, -0.2) is 9.97 Å². The maximum Gasteiger partial charge on any atom is 0.257 e. The molecular formula is C35H57N5O3. The summed E-state index contributed by atoms with van der Waals surface area (Å²) >= 11 is 0. The lowest BCUT2D eigenvalue weighted by Gasteiger charge is -2.55. The van der Waals surface area contributed by atoms with E-state index in [-0.39, 0.29) is 22.8 Å². The van der Waals surface area contributed by atoms with Crippen LogP contribution in [0.5, 0.6) is 0 Å². The minimum absolute atomic E-state index is 0.0709. The van der Waals surface area contributed by atoms with Crippen LogP contribution in [0.4, 0.5) is 0 Å². The van der Waals surface area contributed by atoms with Crippen molar-refractivity contribution >= 4 is 11.8 Å². The lowest BCUT2D eigenvalue weighted by atomic mass is 9.62. The summed E-state index contributed by atoms with van der Waals surface area (Å²) in [5.74, 6) is 1.33. The predicted octanol–water partition coefficient (Wildman–Crippen LogP) is 5.80. The molecule has 0 radical (unpaired) electrons. The van der Waals surface area contributed by atoms with Gasteiger partial charge in [-0.2, -0.15) is 0 Å². The van der Waals surface area contributed by atoms with Crippen molar-refractivity contribution in [1.82, 2.24) is 24.7 Å². The number of unbranched alkanes of at least 4 members (excludes halogenated alkanes) is 1. The van der Waals surface area contributed by atoms with Crippen molar-refractivity contribution in [3.8, 4) is 0 Å². The van der Waals surface area contributed by atoms with Crippen LogP contribution < -0.4 is 0 Å². The number of hydrogen-bond donors (Lipinski definition) is 0. The molecule has 0 N–H and O–H groups in total. The smallest absolute Gasteiger partial charge is 0.257 e. The molecule has 4 aliphatic rings. The Labute approximate surface area is 260 Å². The van der Waals surface area contributed by atoms with E-state index in [1.165, 1.54) is 19.2 Å². The van der Waals surface area contributed by atoms with Gasteiger partial charge >= 0.3 is 0 Å². The Hall–Kier alpha value is -2.06. The Morgan fingerprint density at radius 1 is 0.930 bits per heavy atom. The number of rotatable bonds is 9. The summed E-state index contributed by atoms with van der Waals surface area (Å²) in [5.41, 5.74) is 2.44. The summed E-state index contributed by atoms with van der Waals surface area (Å²) in [6.07, 6.45) is 15.3. The van der Waals surface area contributed by atoms with Crippen LogP contribution in [0, 0.1) is 31.1 Å². The van der Waals surface area contributed by atoms with E-state index in [4.69, 9.17) is 4.74 Å². The van der Waals surface area contributed by atoms with Crippen molar-refractivity contribution in [3.63, 3.8) is 0 Å². The first kappa shape index (κ1) is 32.3. The molecule has 1 atom stereocenters. The van der Waals surface area contributed by atoms with Gasteiger partial charge in [-0.05, 0) is 116 Å². The van der Waals surface area contributed by atoms with E-state index in [0.29, 0.717) is 23.5 Å². The zero-order valence-corrected chi connectivity index (χ0v) is 27.7. The molecule has 1 aromatic heterocycles. The number of carbonyl (C=O) groups excluding carboxylic acids is 2. The molecule has 1 saturated carbocycles. The molecule has 0 unspecified atom stereocenters. The zero-order chi connectivity index (χ0) is 30.6. The van der Waals surface area contributed by atoms with Crippen LogP contribution in [0.15, 0.2) is 6.33 Å². The summed E-state index contributed by atoms with van der Waals surface area (Å²) < 4.78 is 5.87. The third-order valence-corrected chi connectivity index (χ3v) is 11.8. The number of nitrogens with zero attached hydrogens (tertiary/aromatic N) is 5. The van der Waals surface area contributed by atoms with Crippen molar-refractivity contribution in [3.05, 3.63) is 23.3 Å². The molecule has 1 aliphatic carbocycles. The van der Waals surface area contributed by atoms with Gasteiger partial charge in [0.05, 0.1) is 23.1 Å². The molecule has 43 heavy (non-hydrogen) atoms. The molecular weight excluding hydrogens is 538 g/mol. The number of hydrogen-bond acceptors (Lipinski definition) is 6. The monoisotopic (exact) mass is 595 g/mol. The van der Waals surface area contributed by atoms with Gasteiger partial charge in [0.1, 0.15) is 6.33 Å². The third kappa shape index (κ3) is 6.95. The Bertz CT molecular complexity index is 1080. The molecule has 2 amide bonds. The standard InChI is InChI=1S/C35H57N5O3/c1-6-8-9-30-32(41)39(24-28-10-12-29(13-11-28)43-7-2)21-16-35(30)17-22-40(23-18-35)34(5)14-19-38(20-15-34)33(42)31-26(3)36-25-37-27(31)4/h25,28-30H,6-24H2,1-5H3/t28?,29?,30-/m1/s1. The summed E-state index contributed by atoms with van der Waals surface area (Å²) in [5, 5.41) is 0. The second kappa shape index (κ2) is 13.9. The molecule has 3 saturated heterocycles. The van der Waals surface area contributed by atoms with Gasteiger partial charge in [-0.1, -0.05) is 19.8 Å². The Morgan fingerprint density at radius 2 is 1.56 bits per heavy atom. The van der Waals surface area contributed by atoms with E-state index in [9.17, 15) is 9.59 Å². The van der Waals surface area contributed by atoms with Gasteiger partial charge in [0.25, 0.3) is 5.91 Å². The fraction of sp³-hybridized carbons (Fsp3) is 0.829. The average molecular weight is 596 g/mol.